The van der Waals surface area contributed by atoms with Crippen LogP contribution in [-0.2, 0) is 9.53 Å². The Morgan fingerprint density at radius 2 is 2.13 bits per heavy atom. The SMILES string of the molecule is CCOC(=O)c1csc([C@H](C#N)C(=O)/C=C/c2ccccc2)n1. The van der Waals surface area contributed by atoms with Crippen LogP contribution in [0.2, 0.25) is 0 Å². The first-order chi connectivity index (χ1) is 11.2. The van der Waals surface area contributed by atoms with Gasteiger partial charge in [-0.2, -0.15) is 5.26 Å². The van der Waals surface area contributed by atoms with E-state index in [0.717, 1.165) is 16.9 Å². The highest BCUT2D eigenvalue weighted by molar-refractivity contribution is 7.10. The Morgan fingerprint density at radius 1 is 1.39 bits per heavy atom. The topological polar surface area (TPSA) is 80.0 Å². The number of hydrogen-bond acceptors (Lipinski definition) is 6. The Bertz CT molecular complexity index is 760. The van der Waals surface area contributed by atoms with Crippen molar-refractivity contribution < 1.29 is 14.3 Å². The molecule has 1 atom stereocenters. The number of esters is 1. The molecule has 0 amide bonds. The molecule has 2 rings (SSSR count). The van der Waals surface area contributed by atoms with Crippen LogP contribution >= 0.6 is 11.3 Å². The van der Waals surface area contributed by atoms with Crippen molar-refractivity contribution in [3.05, 3.63) is 58.1 Å². The lowest BCUT2D eigenvalue weighted by atomic mass is 10.1. The van der Waals surface area contributed by atoms with Crippen molar-refractivity contribution >= 4 is 29.2 Å². The van der Waals surface area contributed by atoms with Gasteiger partial charge < -0.3 is 4.74 Å². The largest absolute Gasteiger partial charge is 0.461 e. The van der Waals surface area contributed by atoms with Crippen LogP contribution in [0.1, 0.15) is 33.9 Å². The second-order valence-electron chi connectivity index (χ2n) is 4.50. The number of hydrogen-bond donors (Lipinski definition) is 0. The molecule has 0 saturated heterocycles. The van der Waals surface area contributed by atoms with Crippen LogP contribution in [-0.4, -0.2) is 23.3 Å². The molecule has 0 saturated carbocycles. The number of ketones is 1. The first-order valence-corrected chi connectivity index (χ1v) is 7.82. The zero-order valence-electron chi connectivity index (χ0n) is 12.4. The van der Waals surface area contributed by atoms with Crippen LogP contribution < -0.4 is 0 Å². The molecule has 0 bridgehead atoms. The third-order valence-electron chi connectivity index (χ3n) is 2.91. The van der Waals surface area contributed by atoms with Crippen LogP contribution in [0.5, 0.6) is 0 Å². The van der Waals surface area contributed by atoms with E-state index in [9.17, 15) is 14.9 Å². The first-order valence-electron chi connectivity index (χ1n) is 6.94. The minimum Gasteiger partial charge on any atom is -0.461 e. The van der Waals surface area contributed by atoms with E-state index in [1.54, 1.807) is 13.0 Å². The van der Waals surface area contributed by atoms with E-state index in [1.165, 1.54) is 11.5 Å². The Kier molecular flexibility index (Phi) is 5.78. The van der Waals surface area contributed by atoms with Crippen LogP contribution in [0.4, 0.5) is 0 Å². The average molecular weight is 326 g/mol. The summed E-state index contributed by atoms with van der Waals surface area (Å²) in [5.74, 6) is -1.96. The third kappa shape index (κ3) is 4.34. The summed E-state index contributed by atoms with van der Waals surface area (Å²) in [4.78, 5) is 27.8. The van der Waals surface area contributed by atoms with Crippen molar-refractivity contribution in [3.63, 3.8) is 0 Å². The Balaban J connectivity index is 2.13. The smallest absolute Gasteiger partial charge is 0.357 e. The van der Waals surface area contributed by atoms with Gasteiger partial charge in [-0.25, -0.2) is 9.78 Å². The molecule has 1 aromatic carbocycles. The van der Waals surface area contributed by atoms with Gasteiger partial charge in [-0.3, -0.25) is 4.79 Å². The Hall–Kier alpha value is -2.78. The average Bonchev–Trinajstić information content (AvgIpc) is 3.05. The van der Waals surface area contributed by atoms with Crippen LogP contribution in [0, 0.1) is 11.3 Å². The van der Waals surface area contributed by atoms with Gasteiger partial charge in [0, 0.05) is 5.38 Å². The minimum atomic E-state index is -1.02. The molecular formula is C17H14N2O3S. The number of nitriles is 1. The summed E-state index contributed by atoms with van der Waals surface area (Å²) >= 11 is 1.10. The van der Waals surface area contributed by atoms with Gasteiger partial charge in [0.1, 0.15) is 5.01 Å². The lowest BCUT2D eigenvalue weighted by Gasteiger charge is -2.01. The molecule has 0 N–H and O–H groups in total. The summed E-state index contributed by atoms with van der Waals surface area (Å²) in [6.07, 6.45) is 3.00. The zero-order chi connectivity index (χ0) is 16.7. The van der Waals surface area contributed by atoms with E-state index in [1.807, 2.05) is 36.4 Å². The number of carbonyl (C=O) groups is 2. The van der Waals surface area contributed by atoms with Gasteiger partial charge in [-0.1, -0.05) is 36.4 Å². The van der Waals surface area contributed by atoms with Crippen LogP contribution in [0.15, 0.2) is 41.8 Å². The molecule has 0 aliphatic heterocycles. The molecule has 0 unspecified atom stereocenters. The number of aromatic nitrogens is 1. The molecule has 6 heteroatoms. The van der Waals surface area contributed by atoms with Gasteiger partial charge in [-0.15, -0.1) is 11.3 Å². The third-order valence-corrected chi connectivity index (χ3v) is 3.82. The normalized spacial score (nSPS) is 11.8. The zero-order valence-corrected chi connectivity index (χ0v) is 13.2. The van der Waals surface area contributed by atoms with Gasteiger partial charge in [0.05, 0.1) is 12.7 Å². The molecule has 23 heavy (non-hydrogen) atoms. The molecule has 0 aliphatic rings. The van der Waals surface area contributed by atoms with E-state index in [-0.39, 0.29) is 18.1 Å². The summed E-state index contributed by atoms with van der Waals surface area (Å²) in [5, 5.41) is 11.0. The van der Waals surface area contributed by atoms with Crippen molar-refractivity contribution in [1.29, 1.82) is 5.26 Å². The fraction of sp³-hybridized carbons (Fsp3) is 0.176. The predicted molar refractivity (Wildman–Crippen MR) is 86.9 cm³/mol. The van der Waals surface area contributed by atoms with Crippen LogP contribution in [0.3, 0.4) is 0 Å². The van der Waals surface area contributed by atoms with E-state index in [0.29, 0.717) is 5.01 Å². The van der Waals surface area contributed by atoms with Crippen molar-refractivity contribution in [2.24, 2.45) is 0 Å². The highest BCUT2D eigenvalue weighted by atomic mass is 32.1. The first kappa shape index (κ1) is 16.6. The molecule has 1 heterocycles. The van der Waals surface area contributed by atoms with Crippen molar-refractivity contribution in [1.82, 2.24) is 4.98 Å². The number of rotatable bonds is 6. The number of nitrogens with zero attached hydrogens (tertiary/aromatic N) is 2. The fourth-order valence-electron chi connectivity index (χ4n) is 1.80. The number of carbonyl (C=O) groups excluding carboxylic acids is 2. The summed E-state index contributed by atoms with van der Waals surface area (Å²) in [6.45, 7) is 1.94. The van der Waals surface area contributed by atoms with Gasteiger partial charge >= 0.3 is 5.97 Å². The maximum Gasteiger partial charge on any atom is 0.357 e. The quantitative estimate of drug-likeness (QED) is 0.601. The van der Waals surface area contributed by atoms with Gasteiger partial charge in [0.2, 0.25) is 0 Å². The fourth-order valence-corrected chi connectivity index (χ4v) is 2.64. The van der Waals surface area contributed by atoms with Crippen LogP contribution in [0.25, 0.3) is 6.08 Å². The Labute approximate surface area is 137 Å². The summed E-state index contributed by atoms with van der Waals surface area (Å²) in [6, 6.07) is 11.2. The molecule has 1 aromatic heterocycles. The molecule has 0 aliphatic carbocycles. The summed E-state index contributed by atoms with van der Waals surface area (Å²) < 4.78 is 4.84. The minimum absolute atomic E-state index is 0.118. The lowest BCUT2D eigenvalue weighted by Crippen LogP contribution is -2.09. The number of benzene rings is 1. The number of allylic oxidation sites excluding steroid dienone is 1. The van der Waals surface area contributed by atoms with E-state index in [2.05, 4.69) is 4.98 Å². The second kappa shape index (κ2) is 8.01. The highest BCUT2D eigenvalue weighted by Gasteiger charge is 2.23. The maximum absolute atomic E-state index is 12.2. The second-order valence-corrected chi connectivity index (χ2v) is 5.39. The standard InChI is InChI=1S/C17H14N2O3S/c1-2-22-17(21)14-11-23-16(19-14)13(10-18)15(20)9-8-12-6-4-3-5-7-12/h3-9,11,13H,2H2,1H3/b9-8+/t13-/m1/s1. The lowest BCUT2D eigenvalue weighted by molar-refractivity contribution is -0.114. The summed E-state index contributed by atoms with van der Waals surface area (Å²) in [5.41, 5.74) is 0.982. The van der Waals surface area contributed by atoms with E-state index >= 15 is 0 Å². The molecule has 116 valence electrons. The monoisotopic (exact) mass is 326 g/mol. The molecule has 5 nitrogen and oxygen atoms in total. The molecule has 0 spiro atoms. The molecule has 0 fully saturated rings. The van der Waals surface area contributed by atoms with Crippen molar-refractivity contribution in [3.8, 4) is 6.07 Å². The van der Waals surface area contributed by atoms with E-state index < -0.39 is 11.9 Å². The van der Waals surface area contributed by atoms with E-state index in [4.69, 9.17) is 4.74 Å². The predicted octanol–water partition coefficient (Wildman–Crippen LogP) is 3.21. The number of thiazole rings is 1. The van der Waals surface area contributed by atoms with Gasteiger partial charge in [0.25, 0.3) is 0 Å². The van der Waals surface area contributed by atoms with Gasteiger partial charge in [0.15, 0.2) is 17.4 Å². The van der Waals surface area contributed by atoms with Crippen molar-refractivity contribution in [2.45, 2.75) is 12.8 Å². The molecular weight excluding hydrogens is 312 g/mol. The van der Waals surface area contributed by atoms with Gasteiger partial charge in [-0.05, 0) is 18.6 Å². The molecule has 2 aromatic rings. The maximum atomic E-state index is 12.2. The molecule has 0 radical (unpaired) electrons. The Morgan fingerprint density at radius 3 is 2.78 bits per heavy atom. The number of ether oxygens (including phenoxy) is 1. The summed E-state index contributed by atoms with van der Waals surface area (Å²) in [7, 11) is 0. The highest BCUT2D eigenvalue weighted by Crippen LogP contribution is 2.22. The van der Waals surface area contributed by atoms with Crippen molar-refractivity contribution in [2.75, 3.05) is 6.61 Å².